The summed E-state index contributed by atoms with van der Waals surface area (Å²) in [5.74, 6) is 2.17. The minimum absolute atomic E-state index is 0.356. The van der Waals surface area contributed by atoms with Crippen molar-refractivity contribution in [2.75, 3.05) is 36.0 Å². The van der Waals surface area contributed by atoms with Gasteiger partial charge in [0.2, 0.25) is 0 Å². The summed E-state index contributed by atoms with van der Waals surface area (Å²) >= 11 is 0. The van der Waals surface area contributed by atoms with E-state index in [1.165, 1.54) is 24.8 Å². The molecule has 2 fully saturated rings. The maximum absolute atomic E-state index is 4.62. The molecule has 0 unspecified atom stereocenters. The molecule has 0 aromatic carbocycles. The summed E-state index contributed by atoms with van der Waals surface area (Å²) in [7, 11) is 0. The highest BCUT2D eigenvalue weighted by atomic mass is 15.3. The van der Waals surface area contributed by atoms with Crippen molar-refractivity contribution in [3.05, 3.63) is 41.7 Å². The lowest BCUT2D eigenvalue weighted by molar-refractivity contribution is 0.262. The Morgan fingerprint density at radius 3 is 2.62 bits per heavy atom. The van der Waals surface area contributed by atoms with Crippen molar-refractivity contribution in [2.45, 2.75) is 33.1 Å². The Hall–Kier alpha value is -2.17. The number of aryl methyl sites for hydroxylation is 2. The zero-order chi connectivity index (χ0) is 16.6. The van der Waals surface area contributed by atoms with Gasteiger partial charge in [0, 0.05) is 37.8 Å². The van der Waals surface area contributed by atoms with E-state index in [-0.39, 0.29) is 0 Å². The van der Waals surface area contributed by atoms with E-state index in [0.29, 0.717) is 5.41 Å². The average Bonchev–Trinajstić information content (AvgIpc) is 2.99. The zero-order valence-electron chi connectivity index (χ0n) is 14.6. The third-order valence-corrected chi connectivity index (χ3v) is 5.49. The Morgan fingerprint density at radius 2 is 1.83 bits per heavy atom. The lowest BCUT2D eigenvalue weighted by Crippen LogP contribution is -2.45. The molecular weight excluding hydrogens is 298 g/mol. The fraction of sp³-hybridized carbons (Fsp3) is 0.526. The molecular formula is C19H25N5. The van der Waals surface area contributed by atoms with Gasteiger partial charge in [0.25, 0.3) is 0 Å². The smallest absolute Gasteiger partial charge is 0.151 e. The normalized spacial score (nSPS) is 23.9. The minimum atomic E-state index is 0.356. The van der Waals surface area contributed by atoms with Gasteiger partial charge in [0.1, 0.15) is 5.82 Å². The second-order valence-electron chi connectivity index (χ2n) is 7.37. The van der Waals surface area contributed by atoms with E-state index in [4.69, 9.17) is 0 Å². The fourth-order valence-corrected chi connectivity index (χ4v) is 4.22. The molecule has 0 saturated carbocycles. The molecule has 0 amide bonds. The van der Waals surface area contributed by atoms with Crippen LogP contribution in [0.5, 0.6) is 0 Å². The predicted octanol–water partition coefficient (Wildman–Crippen LogP) is 2.99. The van der Waals surface area contributed by atoms with Crippen LogP contribution in [-0.4, -0.2) is 41.4 Å². The molecule has 126 valence electrons. The van der Waals surface area contributed by atoms with E-state index < -0.39 is 0 Å². The molecule has 5 nitrogen and oxygen atoms in total. The number of hydrogen-bond donors (Lipinski definition) is 0. The maximum atomic E-state index is 4.62. The zero-order valence-corrected chi connectivity index (χ0v) is 14.6. The molecule has 24 heavy (non-hydrogen) atoms. The monoisotopic (exact) mass is 323 g/mol. The molecule has 0 aliphatic carbocycles. The topological polar surface area (TPSA) is 45.2 Å². The van der Waals surface area contributed by atoms with Crippen LogP contribution in [0.4, 0.5) is 11.6 Å². The number of pyridine rings is 1. The number of nitrogens with zero attached hydrogens (tertiary/aromatic N) is 5. The number of rotatable bonds is 2. The predicted molar refractivity (Wildman–Crippen MR) is 96.5 cm³/mol. The average molecular weight is 323 g/mol. The summed E-state index contributed by atoms with van der Waals surface area (Å²) in [6.07, 6.45) is 5.66. The second kappa shape index (κ2) is 6.04. The molecule has 2 aliphatic heterocycles. The molecule has 2 saturated heterocycles. The molecule has 5 heteroatoms. The standard InChI is InChI=1S/C19H25N5/c1-15-5-3-10-20-18(15)24-12-9-19(14-24)8-4-11-23(13-19)17-7-6-16(2)21-22-17/h3,5-7,10H,4,8-9,11-14H2,1-2H3/t19-/m1/s1. The quantitative estimate of drug-likeness (QED) is 0.850. The highest BCUT2D eigenvalue weighted by Crippen LogP contribution is 2.41. The van der Waals surface area contributed by atoms with Crippen molar-refractivity contribution in [1.29, 1.82) is 0 Å². The van der Waals surface area contributed by atoms with E-state index >= 15 is 0 Å². The summed E-state index contributed by atoms with van der Waals surface area (Å²) < 4.78 is 0. The van der Waals surface area contributed by atoms with Gasteiger partial charge < -0.3 is 9.80 Å². The van der Waals surface area contributed by atoms with Crippen molar-refractivity contribution >= 4 is 11.6 Å². The Morgan fingerprint density at radius 1 is 0.958 bits per heavy atom. The van der Waals surface area contributed by atoms with Crippen molar-refractivity contribution in [3.63, 3.8) is 0 Å². The third-order valence-electron chi connectivity index (χ3n) is 5.49. The third kappa shape index (κ3) is 2.83. The van der Waals surface area contributed by atoms with Crippen LogP contribution in [0.2, 0.25) is 0 Å². The fourth-order valence-electron chi connectivity index (χ4n) is 4.22. The lowest BCUT2D eigenvalue weighted by atomic mass is 9.79. The van der Waals surface area contributed by atoms with Gasteiger partial charge in [-0.05, 0) is 56.9 Å². The van der Waals surface area contributed by atoms with E-state index in [2.05, 4.69) is 50.1 Å². The van der Waals surface area contributed by atoms with Crippen molar-refractivity contribution in [1.82, 2.24) is 15.2 Å². The number of hydrogen-bond acceptors (Lipinski definition) is 5. The van der Waals surface area contributed by atoms with E-state index in [0.717, 1.165) is 43.5 Å². The van der Waals surface area contributed by atoms with Crippen LogP contribution in [-0.2, 0) is 0 Å². The van der Waals surface area contributed by atoms with Gasteiger partial charge in [0.15, 0.2) is 5.82 Å². The Bertz CT molecular complexity index is 714. The van der Waals surface area contributed by atoms with Gasteiger partial charge in [0.05, 0.1) is 5.69 Å². The lowest BCUT2D eigenvalue weighted by Gasteiger charge is -2.40. The largest absolute Gasteiger partial charge is 0.356 e. The molecule has 0 radical (unpaired) electrons. The first-order valence-corrected chi connectivity index (χ1v) is 8.87. The number of anilines is 2. The summed E-state index contributed by atoms with van der Waals surface area (Å²) in [6.45, 7) is 8.50. The summed E-state index contributed by atoms with van der Waals surface area (Å²) in [5.41, 5.74) is 2.60. The van der Waals surface area contributed by atoms with E-state index in [1.54, 1.807) is 0 Å². The van der Waals surface area contributed by atoms with Gasteiger partial charge in [-0.25, -0.2) is 4.98 Å². The van der Waals surface area contributed by atoms with Crippen molar-refractivity contribution < 1.29 is 0 Å². The molecule has 2 aromatic heterocycles. The molecule has 1 atom stereocenters. The first kappa shape index (κ1) is 15.4. The summed E-state index contributed by atoms with van der Waals surface area (Å²) in [6, 6.07) is 8.34. The Balaban J connectivity index is 1.51. The minimum Gasteiger partial charge on any atom is -0.356 e. The molecule has 4 rings (SSSR count). The van der Waals surface area contributed by atoms with Crippen LogP contribution in [0, 0.1) is 19.3 Å². The first-order valence-electron chi connectivity index (χ1n) is 8.87. The number of piperidine rings is 1. The molecule has 1 spiro atoms. The van der Waals surface area contributed by atoms with Crippen LogP contribution in [0.25, 0.3) is 0 Å². The van der Waals surface area contributed by atoms with Crippen LogP contribution in [0.3, 0.4) is 0 Å². The second-order valence-corrected chi connectivity index (χ2v) is 7.37. The van der Waals surface area contributed by atoms with Gasteiger partial charge in [-0.3, -0.25) is 0 Å². The first-order chi connectivity index (χ1) is 11.7. The maximum Gasteiger partial charge on any atom is 0.151 e. The highest BCUT2D eigenvalue weighted by Gasteiger charge is 2.42. The molecule has 0 N–H and O–H groups in total. The van der Waals surface area contributed by atoms with Crippen molar-refractivity contribution in [3.8, 4) is 0 Å². The summed E-state index contributed by atoms with van der Waals surface area (Å²) in [5, 5.41) is 8.63. The van der Waals surface area contributed by atoms with Gasteiger partial charge in [-0.2, -0.15) is 5.10 Å². The van der Waals surface area contributed by atoms with Crippen LogP contribution >= 0.6 is 0 Å². The molecule has 0 bridgehead atoms. The van der Waals surface area contributed by atoms with Crippen LogP contribution in [0.15, 0.2) is 30.5 Å². The SMILES string of the molecule is Cc1ccc(N2CCC[C@@]3(CCN(c4ncccc4C)C3)C2)nn1. The van der Waals surface area contributed by atoms with Gasteiger partial charge in [-0.1, -0.05) is 6.07 Å². The van der Waals surface area contributed by atoms with E-state index in [1.807, 2.05) is 19.2 Å². The van der Waals surface area contributed by atoms with E-state index in [9.17, 15) is 0 Å². The van der Waals surface area contributed by atoms with Gasteiger partial charge >= 0.3 is 0 Å². The van der Waals surface area contributed by atoms with Crippen LogP contribution < -0.4 is 9.80 Å². The molecule has 2 aliphatic rings. The molecule has 4 heterocycles. The van der Waals surface area contributed by atoms with Crippen molar-refractivity contribution in [2.24, 2.45) is 5.41 Å². The Kier molecular flexibility index (Phi) is 3.87. The summed E-state index contributed by atoms with van der Waals surface area (Å²) in [4.78, 5) is 9.51. The van der Waals surface area contributed by atoms with Gasteiger partial charge in [-0.15, -0.1) is 5.10 Å². The van der Waals surface area contributed by atoms with Crippen LogP contribution in [0.1, 0.15) is 30.5 Å². The highest BCUT2D eigenvalue weighted by molar-refractivity contribution is 5.48. The molecule has 2 aromatic rings. The Labute approximate surface area is 143 Å². The number of aromatic nitrogens is 3.